The minimum absolute atomic E-state index is 0. The highest BCUT2D eigenvalue weighted by molar-refractivity contribution is 14.0. The monoisotopic (exact) mass is 441 g/mol. The number of nitrogens with zero attached hydrogens (tertiary/aromatic N) is 3. The van der Waals surface area contributed by atoms with Crippen LogP contribution in [0.25, 0.3) is 0 Å². The molecule has 0 spiro atoms. The van der Waals surface area contributed by atoms with Crippen molar-refractivity contribution in [3.05, 3.63) is 0 Å². The molecule has 0 aromatic carbocycles. The van der Waals surface area contributed by atoms with Crippen LogP contribution in [0.3, 0.4) is 0 Å². The lowest BCUT2D eigenvalue weighted by molar-refractivity contribution is -0.130. The van der Waals surface area contributed by atoms with Gasteiger partial charge in [0.15, 0.2) is 5.96 Å². The molecule has 2 N–H and O–H groups in total. The molecule has 136 valence electrons. The van der Waals surface area contributed by atoms with Gasteiger partial charge in [0, 0.05) is 66.9 Å². The Morgan fingerprint density at radius 3 is 2.30 bits per heavy atom. The number of guanidine groups is 1. The van der Waals surface area contributed by atoms with Gasteiger partial charge < -0.3 is 20.3 Å². The average Bonchev–Trinajstić information content (AvgIpc) is 2.51. The van der Waals surface area contributed by atoms with Crippen LogP contribution in [0.1, 0.15) is 20.8 Å². The molecule has 1 amide bonds. The third-order valence-electron chi connectivity index (χ3n) is 4.00. The van der Waals surface area contributed by atoms with Gasteiger partial charge in [-0.1, -0.05) is 0 Å². The first-order valence-electron chi connectivity index (χ1n) is 7.85. The maximum absolute atomic E-state index is 11.3. The zero-order valence-corrected chi connectivity index (χ0v) is 17.3. The van der Waals surface area contributed by atoms with E-state index in [1.165, 1.54) is 0 Å². The maximum atomic E-state index is 11.3. The minimum Gasteiger partial charge on any atom is -0.377 e. The summed E-state index contributed by atoms with van der Waals surface area (Å²) in [5, 5.41) is 6.57. The molecule has 0 bridgehead atoms. The first-order valence-corrected chi connectivity index (χ1v) is 7.85. The molecular weight excluding hydrogens is 409 g/mol. The smallest absolute Gasteiger partial charge is 0.219 e. The third-order valence-corrected chi connectivity index (χ3v) is 4.00. The molecule has 1 aliphatic heterocycles. The van der Waals surface area contributed by atoms with E-state index in [9.17, 15) is 4.79 Å². The molecule has 1 saturated heterocycles. The molecule has 0 saturated carbocycles. The molecule has 0 aromatic rings. The summed E-state index contributed by atoms with van der Waals surface area (Å²) in [6, 6.07) is 0. The van der Waals surface area contributed by atoms with Gasteiger partial charge in [-0.15, -0.1) is 24.0 Å². The van der Waals surface area contributed by atoms with Crippen molar-refractivity contribution in [2.45, 2.75) is 26.4 Å². The molecule has 0 aliphatic carbocycles. The normalized spacial score (nSPS) is 16.7. The highest BCUT2D eigenvalue weighted by atomic mass is 127. The number of methoxy groups -OCH3 is 1. The van der Waals surface area contributed by atoms with Crippen LogP contribution < -0.4 is 10.6 Å². The fourth-order valence-corrected chi connectivity index (χ4v) is 2.21. The van der Waals surface area contributed by atoms with Crippen molar-refractivity contribution in [1.29, 1.82) is 0 Å². The third kappa shape index (κ3) is 8.71. The Morgan fingerprint density at radius 2 is 1.83 bits per heavy atom. The van der Waals surface area contributed by atoms with Gasteiger partial charge in [0.05, 0.1) is 5.60 Å². The van der Waals surface area contributed by atoms with Crippen molar-refractivity contribution in [2.75, 3.05) is 60.0 Å². The molecule has 0 radical (unpaired) electrons. The van der Waals surface area contributed by atoms with Crippen molar-refractivity contribution in [2.24, 2.45) is 4.99 Å². The molecule has 7 nitrogen and oxygen atoms in total. The summed E-state index contributed by atoms with van der Waals surface area (Å²) in [6.07, 6.45) is 0. The van der Waals surface area contributed by atoms with E-state index in [-0.39, 0.29) is 35.5 Å². The summed E-state index contributed by atoms with van der Waals surface area (Å²) < 4.78 is 5.38. The van der Waals surface area contributed by atoms with Gasteiger partial charge in [-0.05, 0) is 13.8 Å². The Bertz CT molecular complexity index is 382. The van der Waals surface area contributed by atoms with E-state index in [0.717, 1.165) is 45.2 Å². The first kappa shape index (κ1) is 22.4. The summed E-state index contributed by atoms with van der Waals surface area (Å²) in [5.74, 6) is 0.954. The van der Waals surface area contributed by atoms with Crippen LogP contribution in [-0.4, -0.2) is 87.2 Å². The SMILES string of the molecule is CN=C(NCCN1CCN(C(C)=O)CC1)NCC(C)(C)OC.I. The zero-order chi connectivity index (χ0) is 16.6. The van der Waals surface area contributed by atoms with E-state index < -0.39 is 0 Å². The number of ether oxygens (including phenoxy) is 1. The fraction of sp³-hybridized carbons (Fsp3) is 0.867. The van der Waals surface area contributed by atoms with Gasteiger partial charge in [0.1, 0.15) is 0 Å². The Kier molecular flexibility index (Phi) is 10.7. The number of aliphatic imine (C=N–C) groups is 1. The summed E-state index contributed by atoms with van der Waals surface area (Å²) in [4.78, 5) is 19.8. The van der Waals surface area contributed by atoms with E-state index in [0.29, 0.717) is 6.54 Å². The molecule has 23 heavy (non-hydrogen) atoms. The molecule has 8 heteroatoms. The lowest BCUT2D eigenvalue weighted by atomic mass is 10.1. The highest BCUT2D eigenvalue weighted by Gasteiger charge is 2.18. The Balaban J connectivity index is 0.00000484. The minimum atomic E-state index is -0.222. The number of nitrogens with one attached hydrogen (secondary N) is 2. The van der Waals surface area contributed by atoms with E-state index >= 15 is 0 Å². The van der Waals surface area contributed by atoms with Crippen LogP contribution in [0.2, 0.25) is 0 Å². The van der Waals surface area contributed by atoms with Crippen LogP contribution in [0, 0.1) is 0 Å². The van der Waals surface area contributed by atoms with Crippen LogP contribution >= 0.6 is 24.0 Å². The predicted molar refractivity (Wildman–Crippen MR) is 105 cm³/mol. The molecule has 1 aliphatic rings. The van der Waals surface area contributed by atoms with Crippen LogP contribution in [0.5, 0.6) is 0 Å². The van der Waals surface area contributed by atoms with Gasteiger partial charge in [0.25, 0.3) is 0 Å². The largest absolute Gasteiger partial charge is 0.377 e. The summed E-state index contributed by atoms with van der Waals surface area (Å²) in [7, 11) is 3.47. The predicted octanol–water partition coefficient (Wildman–Crippen LogP) is 0.359. The average molecular weight is 441 g/mol. The molecule has 0 atom stereocenters. The maximum Gasteiger partial charge on any atom is 0.219 e. The second-order valence-electron chi connectivity index (χ2n) is 6.16. The number of hydrogen-bond acceptors (Lipinski definition) is 4. The first-order chi connectivity index (χ1) is 10.4. The summed E-state index contributed by atoms with van der Waals surface area (Å²) >= 11 is 0. The van der Waals surface area contributed by atoms with Gasteiger partial charge in [0.2, 0.25) is 5.91 Å². The lowest BCUT2D eigenvalue weighted by Gasteiger charge is -2.34. The van der Waals surface area contributed by atoms with Gasteiger partial charge in [-0.25, -0.2) is 0 Å². The lowest BCUT2D eigenvalue weighted by Crippen LogP contribution is -2.51. The fourth-order valence-electron chi connectivity index (χ4n) is 2.21. The van der Waals surface area contributed by atoms with Crippen LogP contribution in [0.4, 0.5) is 0 Å². The van der Waals surface area contributed by atoms with Gasteiger partial charge in [-0.2, -0.15) is 0 Å². The second kappa shape index (κ2) is 11.0. The van der Waals surface area contributed by atoms with Crippen molar-refractivity contribution < 1.29 is 9.53 Å². The summed E-state index contributed by atoms with van der Waals surface area (Å²) in [5.41, 5.74) is -0.222. The second-order valence-corrected chi connectivity index (χ2v) is 6.16. The van der Waals surface area contributed by atoms with Crippen molar-refractivity contribution >= 4 is 35.8 Å². The Morgan fingerprint density at radius 1 is 1.22 bits per heavy atom. The van der Waals surface area contributed by atoms with Crippen molar-refractivity contribution in [3.63, 3.8) is 0 Å². The number of carbonyl (C=O) groups is 1. The molecule has 1 heterocycles. The quantitative estimate of drug-likeness (QED) is 0.354. The van der Waals surface area contributed by atoms with Crippen molar-refractivity contribution in [1.82, 2.24) is 20.4 Å². The molecule has 0 aromatic heterocycles. The van der Waals surface area contributed by atoms with Gasteiger partial charge >= 0.3 is 0 Å². The van der Waals surface area contributed by atoms with Crippen LogP contribution in [0.15, 0.2) is 4.99 Å². The number of carbonyl (C=O) groups excluding carboxylic acids is 1. The number of halogens is 1. The van der Waals surface area contributed by atoms with E-state index in [2.05, 4.69) is 20.5 Å². The highest BCUT2D eigenvalue weighted by Crippen LogP contribution is 2.04. The standard InChI is InChI=1S/C15H31N5O2.HI/c1-13(21)20-10-8-19(9-11-20)7-6-17-14(16-4)18-12-15(2,3)22-5;/h6-12H2,1-5H3,(H2,16,17,18);1H. The van der Waals surface area contributed by atoms with E-state index in [1.54, 1.807) is 21.1 Å². The number of amides is 1. The molecular formula is C15H32IN5O2. The Hall–Kier alpha value is -0.610. The zero-order valence-electron chi connectivity index (χ0n) is 15.0. The van der Waals surface area contributed by atoms with Gasteiger partial charge in [-0.3, -0.25) is 14.7 Å². The number of piperazine rings is 1. The van der Waals surface area contributed by atoms with E-state index in [4.69, 9.17) is 4.74 Å². The molecule has 1 rings (SSSR count). The topological polar surface area (TPSA) is 69.2 Å². The molecule has 0 unspecified atom stereocenters. The molecule has 1 fully saturated rings. The van der Waals surface area contributed by atoms with E-state index in [1.807, 2.05) is 18.7 Å². The van der Waals surface area contributed by atoms with Crippen molar-refractivity contribution in [3.8, 4) is 0 Å². The summed E-state index contributed by atoms with van der Waals surface area (Å²) in [6.45, 7) is 11.7. The van der Waals surface area contributed by atoms with Crippen LogP contribution in [-0.2, 0) is 9.53 Å². The number of rotatable bonds is 6. The number of hydrogen-bond donors (Lipinski definition) is 2. The Labute approximate surface area is 157 Å².